The van der Waals surface area contributed by atoms with Gasteiger partial charge in [-0.15, -0.1) is 0 Å². The molecule has 0 saturated heterocycles. The molecule has 3 aromatic rings. The molecule has 0 radical (unpaired) electrons. The van der Waals surface area contributed by atoms with Crippen molar-refractivity contribution in [1.82, 2.24) is 10.2 Å². The molecule has 35 heavy (non-hydrogen) atoms. The number of carbonyl (C=O) groups is 2. The van der Waals surface area contributed by atoms with E-state index in [9.17, 15) is 22.4 Å². The largest absolute Gasteiger partial charge is 0.357 e. The average Bonchev–Trinajstić information content (AvgIpc) is 2.86. The van der Waals surface area contributed by atoms with Crippen molar-refractivity contribution in [3.05, 3.63) is 95.8 Å². The molecule has 3 rings (SSSR count). The number of nitrogens with one attached hydrogen (secondary N) is 1. The third-order valence-electron chi connectivity index (χ3n) is 5.58. The molecular formula is C26H28FN3O4S. The first-order chi connectivity index (χ1) is 16.6. The van der Waals surface area contributed by atoms with E-state index in [0.717, 1.165) is 9.87 Å². The lowest BCUT2D eigenvalue weighted by molar-refractivity contribution is -0.139. The maximum atomic E-state index is 13.6. The van der Waals surface area contributed by atoms with E-state index in [4.69, 9.17) is 0 Å². The van der Waals surface area contributed by atoms with Crippen LogP contribution >= 0.6 is 0 Å². The molecule has 184 valence electrons. The number of nitrogens with zero attached hydrogens (tertiary/aromatic N) is 2. The highest BCUT2D eigenvalue weighted by atomic mass is 32.2. The lowest BCUT2D eigenvalue weighted by Gasteiger charge is -2.31. The van der Waals surface area contributed by atoms with Crippen LogP contribution in [0.25, 0.3) is 0 Å². The molecule has 0 unspecified atom stereocenters. The number of carbonyl (C=O) groups excluding carboxylic acids is 2. The predicted molar refractivity (Wildman–Crippen MR) is 133 cm³/mol. The van der Waals surface area contributed by atoms with Gasteiger partial charge in [0.05, 0.1) is 10.6 Å². The van der Waals surface area contributed by atoms with E-state index in [2.05, 4.69) is 5.32 Å². The summed E-state index contributed by atoms with van der Waals surface area (Å²) in [6.45, 7) is 2.86. The Kier molecular flexibility index (Phi) is 8.24. The monoisotopic (exact) mass is 497 g/mol. The number of hydrogen-bond acceptors (Lipinski definition) is 4. The summed E-state index contributed by atoms with van der Waals surface area (Å²) in [4.78, 5) is 27.3. The number of halogens is 1. The van der Waals surface area contributed by atoms with Gasteiger partial charge in [0.1, 0.15) is 18.4 Å². The highest BCUT2D eigenvalue weighted by molar-refractivity contribution is 7.92. The van der Waals surface area contributed by atoms with Crippen LogP contribution in [0.1, 0.15) is 18.1 Å². The van der Waals surface area contributed by atoms with Gasteiger partial charge in [0, 0.05) is 13.6 Å². The van der Waals surface area contributed by atoms with Crippen LogP contribution in [0.15, 0.2) is 83.8 Å². The third kappa shape index (κ3) is 6.24. The highest BCUT2D eigenvalue weighted by Gasteiger charge is 2.32. The van der Waals surface area contributed by atoms with Gasteiger partial charge in [0.25, 0.3) is 10.0 Å². The maximum Gasteiger partial charge on any atom is 0.264 e. The van der Waals surface area contributed by atoms with E-state index < -0.39 is 40.2 Å². The number of aryl methyl sites for hydroxylation is 1. The Morgan fingerprint density at radius 3 is 2.23 bits per heavy atom. The van der Waals surface area contributed by atoms with Crippen molar-refractivity contribution < 1.29 is 22.4 Å². The minimum atomic E-state index is -4.09. The Hall–Kier alpha value is -3.72. The lowest BCUT2D eigenvalue weighted by atomic mass is 10.1. The number of amides is 2. The SMILES string of the molecule is CNC(=O)[C@@H](C)N(Cc1ccc(F)cc1)C(=O)CN(c1cccc(C)c1)S(=O)(=O)c1ccccc1. The van der Waals surface area contributed by atoms with Crippen LogP contribution in [-0.2, 0) is 26.2 Å². The summed E-state index contributed by atoms with van der Waals surface area (Å²) < 4.78 is 41.6. The molecule has 1 N–H and O–H groups in total. The first-order valence-electron chi connectivity index (χ1n) is 11.0. The predicted octanol–water partition coefficient (Wildman–Crippen LogP) is 3.49. The van der Waals surface area contributed by atoms with Crippen molar-refractivity contribution in [2.24, 2.45) is 0 Å². The first-order valence-corrected chi connectivity index (χ1v) is 12.5. The van der Waals surface area contributed by atoms with Crippen molar-refractivity contribution in [1.29, 1.82) is 0 Å². The van der Waals surface area contributed by atoms with Gasteiger partial charge < -0.3 is 10.2 Å². The fraction of sp³-hybridized carbons (Fsp3) is 0.231. The summed E-state index contributed by atoms with van der Waals surface area (Å²) in [6, 6.07) is 19.4. The molecule has 0 fully saturated rings. The van der Waals surface area contributed by atoms with Gasteiger partial charge in [-0.3, -0.25) is 13.9 Å². The number of hydrogen-bond donors (Lipinski definition) is 1. The van der Waals surface area contributed by atoms with Gasteiger partial charge in [-0.05, 0) is 61.4 Å². The molecule has 0 heterocycles. The minimum Gasteiger partial charge on any atom is -0.357 e. The Bertz CT molecular complexity index is 1280. The standard InChI is InChI=1S/C26H28FN3O4S/c1-19-8-7-9-23(16-19)30(35(33,34)24-10-5-4-6-11-24)18-25(31)29(20(2)26(32)28-3)17-21-12-14-22(27)15-13-21/h4-16,20H,17-18H2,1-3H3,(H,28,32)/t20-/m1/s1. The number of likely N-dealkylation sites (N-methyl/N-ethyl adjacent to an activating group) is 1. The highest BCUT2D eigenvalue weighted by Crippen LogP contribution is 2.25. The van der Waals surface area contributed by atoms with Gasteiger partial charge in [-0.25, -0.2) is 12.8 Å². The number of anilines is 1. The maximum absolute atomic E-state index is 13.6. The van der Waals surface area contributed by atoms with Crippen molar-refractivity contribution in [3.63, 3.8) is 0 Å². The molecule has 0 aromatic heterocycles. The molecule has 0 bridgehead atoms. The molecule has 2 amide bonds. The summed E-state index contributed by atoms with van der Waals surface area (Å²) in [5, 5.41) is 2.52. The minimum absolute atomic E-state index is 0.000736. The zero-order valence-electron chi connectivity index (χ0n) is 19.8. The van der Waals surface area contributed by atoms with E-state index in [1.165, 1.54) is 48.3 Å². The molecule has 7 nitrogen and oxygen atoms in total. The number of benzene rings is 3. The zero-order valence-corrected chi connectivity index (χ0v) is 20.6. The molecule has 0 aliphatic carbocycles. The van der Waals surface area contributed by atoms with E-state index in [1.807, 2.05) is 13.0 Å². The molecule has 3 aromatic carbocycles. The smallest absolute Gasteiger partial charge is 0.264 e. The van der Waals surface area contributed by atoms with E-state index in [1.54, 1.807) is 43.3 Å². The summed E-state index contributed by atoms with van der Waals surface area (Å²) >= 11 is 0. The van der Waals surface area contributed by atoms with Crippen molar-refractivity contribution in [3.8, 4) is 0 Å². The molecule has 0 spiro atoms. The fourth-order valence-electron chi connectivity index (χ4n) is 3.61. The van der Waals surface area contributed by atoms with Crippen LogP contribution in [0, 0.1) is 12.7 Å². The lowest BCUT2D eigenvalue weighted by Crippen LogP contribution is -2.50. The quantitative estimate of drug-likeness (QED) is 0.490. The Morgan fingerprint density at radius 2 is 1.63 bits per heavy atom. The molecule has 9 heteroatoms. The van der Waals surface area contributed by atoms with Gasteiger partial charge in [0.2, 0.25) is 11.8 Å². The van der Waals surface area contributed by atoms with Gasteiger partial charge in [-0.2, -0.15) is 0 Å². The molecule has 1 atom stereocenters. The summed E-state index contributed by atoms with van der Waals surface area (Å²) in [5.74, 6) is -1.41. The Balaban J connectivity index is 2.01. The average molecular weight is 498 g/mol. The second kappa shape index (κ2) is 11.1. The van der Waals surface area contributed by atoms with E-state index in [-0.39, 0.29) is 11.4 Å². The second-order valence-electron chi connectivity index (χ2n) is 8.10. The van der Waals surface area contributed by atoms with Crippen LogP contribution in [-0.4, -0.2) is 44.8 Å². The van der Waals surface area contributed by atoms with Crippen LogP contribution < -0.4 is 9.62 Å². The van der Waals surface area contributed by atoms with Crippen LogP contribution in [0.4, 0.5) is 10.1 Å². The van der Waals surface area contributed by atoms with Crippen molar-refractivity contribution in [2.45, 2.75) is 31.3 Å². The second-order valence-corrected chi connectivity index (χ2v) is 9.96. The van der Waals surface area contributed by atoms with Crippen molar-refractivity contribution >= 4 is 27.5 Å². The summed E-state index contributed by atoms with van der Waals surface area (Å²) in [6.07, 6.45) is 0. The topological polar surface area (TPSA) is 86.8 Å². The van der Waals surface area contributed by atoms with Crippen LogP contribution in [0.2, 0.25) is 0 Å². The summed E-state index contributed by atoms with van der Waals surface area (Å²) in [7, 11) is -2.64. The van der Waals surface area contributed by atoms with Crippen LogP contribution in [0.5, 0.6) is 0 Å². The molecule has 0 saturated carbocycles. The van der Waals surface area contributed by atoms with Gasteiger partial charge in [-0.1, -0.05) is 42.5 Å². The summed E-state index contributed by atoms with van der Waals surface area (Å²) in [5.41, 5.74) is 1.75. The molecule has 0 aliphatic heterocycles. The normalized spacial score (nSPS) is 12.0. The van der Waals surface area contributed by atoms with Crippen molar-refractivity contribution in [2.75, 3.05) is 17.9 Å². The van der Waals surface area contributed by atoms with Crippen LogP contribution in [0.3, 0.4) is 0 Å². The zero-order chi connectivity index (χ0) is 25.6. The van der Waals surface area contributed by atoms with E-state index >= 15 is 0 Å². The third-order valence-corrected chi connectivity index (χ3v) is 7.37. The van der Waals surface area contributed by atoms with Gasteiger partial charge >= 0.3 is 0 Å². The first kappa shape index (κ1) is 25.9. The fourth-order valence-corrected chi connectivity index (χ4v) is 5.04. The number of sulfonamides is 1. The van der Waals surface area contributed by atoms with Gasteiger partial charge in [0.15, 0.2) is 0 Å². The molecule has 0 aliphatic rings. The molecular weight excluding hydrogens is 469 g/mol. The van der Waals surface area contributed by atoms with E-state index in [0.29, 0.717) is 11.3 Å². The number of rotatable bonds is 9. The Labute approximate surface area is 205 Å². The Morgan fingerprint density at radius 1 is 0.971 bits per heavy atom.